The molecule has 0 radical (unpaired) electrons. The second-order valence-electron chi connectivity index (χ2n) is 3.66. The molecule has 0 saturated carbocycles. The first kappa shape index (κ1) is 12.2. The van der Waals surface area contributed by atoms with Gasteiger partial charge in [0.2, 0.25) is 0 Å². The van der Waals surface area contributed by atoms with E-state index in [2.05, 4.69) is 18.7 Å². The number of hydrogen-bond acceptors (Lipinski definition) is 2. The fourth-order valence-corrected chi connectivity index (χ4v) is 1.86. The molecular formula is C12H19ClN2. The van der Waals surface area contributed by atoms with E-state index in [-0.39, 0.29) is 0 Å². The Labute approximate surface area is 97.0 Å². The maximum Gasteiger partial charge on any atom is 0.0741 e. The minimum atomic E-state index is 0.643. The average Bonchev–Trinajstić information content (AvgIpc) is 2.22. The van der Waals surface area contributed by atoms with Gasteiger partial charge in [0, 0.05) is 13.1 Å². The van der Waals surface area contributed by atoms with E-state index < -0.39 is 0 Å². The third-order valence-electron chi connectivity index (χ3n) is 2.36. The van der Waals surface area contributed by atoms with Gasteiger partial charge in [-0.2, -0.15) is 0 Å². The van der Waals surface area contributed by atoms with Gasteiger partial charge in [-0.15, -0.1) is 0 Å². The van der Waals surface area contributed by atoms with Crippen molar-refractivity contribution in [3.05, 3.63) is 23.2 Å². The summed E-state index contributed by atoms with van der Waals surface area (Å²) >= 11 is 6.01. The van der Waals surface area contributed by atoms with Crippen LogP contribution >= 0.6 is 11.6 Å². The zero-order valence-electron chi connectivity index (χ0n) is 9.46. The van der Waals surface area contributed by atoms with Crippen molar-refractivity contribution in [1.29, 1.82) is 0 Å². The van der Waals surface area contributed by atoms with E-state index in [9.17, 15) is 0 Å². The second-order valence-corrected chi connectivity index (χ2v) is 4.07. The Bertz CT molecular complexity index is 306. The minimum absolute atomic E-state index is 0.643. The quantitative estimate of drug-likeness (QED) is 0.779. The van der Waals surface area contributed by atoms with Crippen molar-refractivity contribution < 1.29 is 0 Å². The van der Waals surface area contributed by atoms with Crippen molar-refractivity contribution in [2.45, 2.75) is 26.7 Å². The molecule has 0 aliphatic carbocycles. The number of anilines is 2. The second kappa shape index (κ2) is 5.86. The molecule has 0 amide bonds. The largest absolute Gasteiger partial charge is 0.396 e. The molecule has 1 aromatic carbocycles. The lowest BCUT2D eigenvalue weighted by atomic mass is 10.2. The summed E-state index contributed by atoms with van der Waals surface area (Å²) in [7, 11) is 0. The van der Waals surface area contributed by atoms with Crippen LogP contribution in [0.4, 0.5) is 11.4 Å². The highest BCUT2D eigenvalue weighted by Crippen LogP contribution is 2.30. The number of rotatable bonds is 5. The van der Waals surface area contributed by atoms with Crippen LogP contribution in [0.15, 0.2) is 18.2 Å². The van der Waals surface area contributed by atoms with Gasteiger partial charge >= 0.3 is 0 Å². The fourth-order valence-electron chi connectivity index (χ4n) is 1.69. The van der Waals surface area contributed by atoms with Gasteiger partial charge in [-0.25, -0.2) is 0 Å². The van der Waals surface area contributed by atoms with Crippen molar-refractivity contribution in [3.63, 3.8) is 0 Å². The van der Waals surface area contributed by atoms with E-state index in [0.717, 1.165) is 31.6 Å². The molecule has 0 heterocycles. The van der Waals surface area contributed by atoms with Crippen molar-refractivity contribution in [1.82, 2.24) is 0 Å². The number of para-hydroxylation sites is 1. The van der Waals surface area contributed by atoms with Crippen LogP contribution in [-0.2, 0) is 0 Å². The average molecular weight is 227 g/mol. The number of nitrogens with zero attached hydrogens (tertiary/aromatic N) is 1. The number of benzene rings is 1. The Morgan fingerprint density at radius 2 is 1.80 bits per heavy atom. The molecule has 0 aromatic heterocycles. The van der Waals surface area contributed by atoms with Crippen molar-refractivity contribution in [3.8, 4) is 0 Å². The number of nitrogen functional groups attached to an aromatic ring is 1. The molecule has 0 aliphatic rings. The van der Waals surface area contributed by atoms with Gasteiger partial charge in [0.15, 0.2) is 0 Å². The third-order valence-corrected chi connectivity index (χ3v) is 2.69. The maximum atomic E-state index is 6.01. The first-order valence-electron chi connectivity index (χ1n) is 5.49. The highest BCUT2D eigenvalue weighted by Gasteiger charge is 2.09. The van der Waals surface area contributed by atoms with Gasteiger partial charge in [-0.1, -0.05) is 31.5 Å². The third kappa shape index (κ3) is 3.03. The molecule has 84 valence electrons. The smallest absolute Gasteiger partial charge is 0.0741 e. The number of halogens is 1. The van der Waals surface area contributed by atoms with Crippen molar-refractivity contribution in [2.24, 2.45) is 0 Å². The van der Waals surface area contributed by atoms with Gasteiger partial charge in [-0.05, 0) is 25.0 Å². The zero-order valence-corrected chi connectivity index (χ0v) is 10.2. The fraction of sp³-hybridized carbons (Fsp3) is 0.500. The molecule has 0 atom stereocenters. The van der Waals surface area contributed by atoms with E-state index in [1.807, 2.05) is 18.2 Å². The first-order valence-corrected chi connectivity index (χ1v) is 5.87. The Balaban J connectivity index is 2.94. The molecule has 0 saturated heterocycles. The molecule has 2 nitrogen and oxygen atoms in total. The first-order chi connectivity index (χ1) is 7.20. The van der Waals surface area contributed by atoms with Gasteiger partial charge < -0.3 is 10.6 Å². The van der Waals surface area contributed by atoms with Crippen LogP contribution in [0.3, 0.4) is 0 Å². The van der Waals surface area contributed by atoms with Gasteiger partial charge in [-0.3, -0.25) is 0 Å². The van der Waals surface area contributed by atoms with Crippen molar-refractivity contribution in [2.75, 3.05) is 23.7 Å². The highest BCUT2D eigenvalue weighted by molar-refractivity contribution is 6.33. The predicted octanol–water partition coefficient (Wildman–Crippen LogP) is 3.55. The molecule has 0 spiro atoms. The molecule has 1 rings (SSSR count). The van der Waals surface area contributed by atoms with Crippen LogP contribution in [0.2, 0.25) is 5.02 Å². The summed E-state index contributed by atoms with van der Waals surface area (Å²) < 4.78 is 0. The Hall–Kier alpha value is -0.890. The van der Waals surface area contributed by atoms with E-state index in [1.165, 1.54) is 0 Å². The molecule has 15 heavy (non-hydrogen) atoms. The normalized spacial score (nSPS) is 10.3. The lowest BCUT2D eigenvalue weighted by Gasteiger charge is -2.25. The summed E-state index contributed by atoms with van der Waals surface area (Å²) in [5.74, 6) is 0. The molecule has 0 fully saturated rings. The van der Waals surface area contributed by atoms with Gasteiger partial charge in [0.1, 0.15) is 0 Å². The zero-order chi connectivity index (χ0) is 11.3. The number of nitrogens with two attached hydrogens (primary N) is 1. The number of hydrogen-bond donors (Lipinski definition) is 1. The van der Waals surface area contributed by atoms with Crippen LogP contribution in [0.5, 0.6) is 0 Å². The van der Waals surface area contributed by atoms with Crippen LogP contribution in [0, 0.1) is 0 Å². The van der Waals surface area contributed by atoms with E-state index in [0.29, 0.717) is 10.7 Å². The predicted molar refractivity (Wildman–Crippen MR) is 68.7 cm³/mol. The summed E-state index contributed by atoms with van der Waals surface area (Å²) in [6.07, 6.45) is 2.23. The summed E-state index contributed by atoms with van der Waals surface area (Å²) in [5, 5.41) is 0.643. The van der Waals surface area contributed by atoms with Crippen LogP contribution in [-0.4, -0.2) is 13.1 Å². The van der Waals surface area contributed by atoms with E-state index in [1.54, 1.807) is 0 Å². The SMILES string of the molecule is CCCN(CCC)c1cccc(Cl)c1N. The highest BCUT2D eigenvalue weighted by atomic mass is 35.5. The molecule has 1 aromatic rings. The minimum Gasteiger partial charge on any atom is -0.396 e. The van der Waals surface area contributed by atoms with Crippen LogP contribution < -0.4 is 10.6 Å². The Morgan fingerprint density at radius 1 is 1.20 bits per heavy atom. The van der Waals surface area contributed by atoms with E-state index in [4.69, 9.17) is 17.3 Å². The monoisotopic (exact) mass is 226 g/mol. The molecule has 0 aliphatic heterocycles. The standard InChI is InChI=1S/C12H19ClN2/c1-3-8-15(9-4-2)11-7-5-6-10(13)12(11)14/h5-7H,3-4,8-9,14H2,1-2H3. The summed E-state index contributed by atoms with van der Waals surface area (Å²) in [6, 6.07) is 5.81. The van der Waals surface area contributed by atoms with Crippen molar-refractivity contribution >= 4 is 23.0 Å². The van der Waals surface area contributed by atoms with Crippen LogP contribution in [0.1, 0.15) is 26.7 Å². The van der Waals surface area contributed by atoms with E-state index >= 15 is 0 Å². The summed E-state index contributed by atoms with van der Waals surface area (Å²) in [4.78, 5) is 2.29. The summed E-state index contributed by atoms with van der Waals surface area (Å²) in [6.45, 7) is 6.39. The molecule has 0 bridgehead atoms. The van der Waals surface area contributed by atoms with Gasteiger partial charge in [0.05, 0.1) is 16.4 Å². The van der Waals surface area contributed by atoms with Gasteiger partial charge in [0.25, 0.3) is 0 Å². The van der Waals surface area contributed by atoms with Crippen LogP contribution in [0.25, 0.3) is 0 Å². The summed E-state index contributed by atoms with van der Waals surface area (Å²) in [5.41, 5.74) is 7.73. The topological polar surface area (TPSA) is 29.3 Å². The molecule has 3 heteroatoms. The molecule has 0 unspecified atom stereocenters. The molecule has 2 N–H and O–H groups in total. The molecular weight excluding hydrogens is 208 g/mol. The lowest BCUT2D eigenvalue weighted by Crippen LogP contribution is -2.25. The Morgan fingerprint density at radius 3 is 2.33 bits per heavy atom. The Kier molecular flexibility index (Phi) is 4.76. The lowest BCUT2D eigenvalue weighted by molar-refractivity contribution is 0.746. The maximum absolute atomic E-state index is 6.01.